The van der Waals surface area contributed by atoms with Crippen molar-refractivity contribution in [2.24, 2.45) is 5.73 Å². The number of nitrogens with zero attached hydrogens (tertiary/aromatic N) is 3. The van der Waals surface area contributed by atoms with Crippen molar-refractivity contribution in [2.75, 3.05) is 31.1 Å². The molecule has 0 spiro atoms. The molecule has 2 saturated heterocycles. The van der Waals surface area contributed by atoms with Gasteiger partial charge in [-0.1, -0.05) is 13.3 Å². The highest BCUT2D eigenvalue weighted by molar-refractivity contribution is 7.15. The van der Waals surface area contributed by atoms with Gasteiger partial charge in [-0.05, 0) is 25.8 Å². The van der Waals surface area contributed by atoms with Gasteiger partial charge in [-0.25, -0.2) is 4.98 Å². The van der Waals surface area contributed by atoms with Crippen LogP contribution < -0.4 is 10.6 Å². The Morgan fingerprint density at radius 3 is 3.05 bits per heavy atom. The maximum absolute atomic E-state index is 5.85. The van der Waals surface area contributed by atoms with Gasteiger partial charge in [0.05, 0.1) is 5.69 Å². The van der Waals surface area contributed by atoms with Crippen LogP contribution in [-0.4, -0.2) is 42.1 Å². The molecule has 0 amide bonds. The predicted molar refractivity (Wildman–Crippen MR) is 80.8 cm³/mol. The Bertz CT molecular complexity index is 431. The van der Waals surface area contributed by atoms with Gasteiger partial charge in [-0.2, -0.15) is 0 Å². The average molecular weight is 280 g/mol. The zero-order valence-electron chi connectivity index (χ0n) is 11.8. The summed E-state index contributed by atoms with van der Waals surface area (Å²) < 4.78 is 0. The molecule has 2 fully saturated rings. The number of piperazine rings is 1. The first-order valence-corrected chi connectivity index (χ1v) is 8.31. The molecule has 0 aromatic carbocycles. The lowest BCUT2D eigenvalue weighted by Crippen LogP contribution is -2.50. The molecule has 0 aliphatic carbocycles. The van der Waals surface area contributed by atoms with E-state index in [0.29, 0.717) is 6.54 Å². The highest BCUT2D eigenvalue weighted by Crippen LogP contribution is 2.30. The standard InChI is InChI=1S/C14H24N4S/c1-2-4-12-13(9-15)19-14(16-12)18-8-7-17-6-3-5-11(17)10-18/h11H,2-10,15H2,1H3. The van der Waals surface area contributed by atoms with Crippen LogP contribution in [0, 0.1) is 0 Å². The number of nitrogens with two attached hydrogens (primary N) is 1. The maximum atomic E-state index is 5.85. The quantitative estimate of drug-likeness (QED) is 0.914. The first kappa shape index (κ1) is 13.3. The van der Waals surface area contributed by atoms with Crippen LogP contribution in [0.4, 0.5) is 5.13 Å². The van der Waals surface area contributed by atoms with E-state index in [1.54, 1.807) is 0 Å². The number of aryl methyl sites for hydroxylation is 1. The van der Waals surface area contributed by atoms with E-state index in [1.807, 2.05) is 11.3 Å². The van der Waals surface area contributed by atoms with Crippen LogP contribution >= 0.6 is 11.3 Å². The number of fused-ring (bicyclic) bond motifs is 1. The first-order valence-electron chi connectivity index (χ1n) is 7.49. The van der Waals surface area contributed by atoms with E-state index in [2.05, 4.69) is 16.7 Å². The van der Waals surface area contributed by atoms with Crippen LogP contribution in [-0.2, 0) is 13.0 Å². The Morgan fingerprint density at radius 2 is 2.26 bits per heavy atom. The molecule has 1 aromatic rings. The van der Waals surface area contributed by atoms with Crippen molar-refractivity contribution in [3.8, 4) is 0 Å². The number of rotatable bonds is 4. The van der Waals surface area contributed by atoms with Crippen molar-refractivity contribution in [3.05, 3.63) is 10.6 Å². The molecule has 2 aliphatic rings. The molecule has 5 heteroatoms. The summed E-state index contributed by atoms with van der Waals surface area (Å²) in [5.41, 5.74) is 7.09. The molecule has 106 valence electrons. The summed E-state index contributed by atoms with van der Waals surface area (Å²) in [7, 11) is 0. The molecule has 2 N–H and O–H groups in total. The van der Waals surface area contributed by atoms with Crippen molar-refractivity contribution in [1.29, 1.82) is 0 Å². The minimum atomic E-state index is 0.635. The summed E-state index contributed by atoms with van der Waals surface area (Å²) >= 11 is 1.81. The highest BCUT2D eigenvalue weighted by Gasteiger charge is 2.31. The zero-order chi connectivity index (χ0) is 13.2. The first-order chi connectivity index (χ1) is 9.31. The molecule has 1 aromatic heterocycles. The van der Waals surface area contributed by atoms with E-state index < -0.39 is 0 Å². The van der Waals surface area contributed by atoms with Crippen LogP contribution in [0.5, 0.6) is 0 Å². The van der Waals surface area contributed by atoms with Gasteiger partial charge in [0.1, 0.15) is 0 Å². The number of hydrogen-bond donors (Lipinski definition) is 1. The van der Waals surface area contributed by atoms with Gasteiger partial charge in [0.2, 0.25) is 0 Å². The van der Waals surface area contributed by atoms with Gasteiger partial charge in [0, 0.05) is 37.1 Å². The van der Waals surface area contributed by atoms with E-state index in [0.717, 1.165) is 32.0 Å². The molecular formula is C14H24N4S. The van der Waals surface area contributed by atoms with E-state index in [9.17, 15) is 0 Å². The number of anilines is 1. The van der Waals surface area contributed by atoms with Crippen molar-refractivity contribution in [1.82, 2.24) is 9.88 Å². The minimum Gasteiger partial charge on any atom is -0.345 e. The van der Waals surface area contributed by atoms with Gasteiger partial charge < -0.3 is 10.6 Å². The molecule has 0 radical (unpaired) electrons. The second-order valence-electron chi connectivity index (χ2n) is 5.60. The number of thiazole rings is 1. The van der Waals surface area contributed by atoms with Crippen LogP contribution in [0.3, 0.4) is 0 Å². The van der Waals surface area contributed by atoms with Crippen molar-refractivity contribution in [3.63, 3.8) is 0 Å². The molecule has 3 heterocycles. The van der Waals surface area contributed by atoms with Crippen LogP contribution in [0.15, 0.2) is 0 Å². The zero-order valence-corrected chi connectivity index (χ0v) is 12.6. The van der Waals surface area contributed by atoms with E-state index in [-0.39, 0.29) is 0 Å². The molecule has 3 rings (SSSR count). The minimum absolute atomic E-state index is 0.635. The Balaban J connectivity index is 1.74. The molecule has 1 atom stereocenters. The third-order valence-electron chi connectivity index (χ3n) is 4.30. The van der Waals surface area contributed by atoms with Crippen molar-refractivity contribution >= 4 is 16.5 Å². The van der Waals surface area contributed by atoms with Gasteiger partial charge in [0.25, 0.3) is 0 Å². The van der Waals surface area contributed by atoms with Gasteiger partial charge in [-0.15, -0.1) is 11.3 Å². The summed E-state index contributed by atoms with van der Waals surface area (Å²) in [6.45, 7) is 7.62. The molecule has 0 saturated carbocycles. The third-order valence-corrected chi connectivity index (χ3v) is 5.48. The Labute approximate surface area is 119 Å². The van der Waals surface area contributed by atoms with Crippen LogP contribution in [0.25, 0.3) is 0 Å². The molecular weight excluding hydrogens is 256 g/mol. The molecule has 0 bridgehead atoms. The van der Waals surface area contributed by atoms with Crippen LogP contribution in [0.2, 0.25) is 0 Å². The van der Waals surface area contributed by atoms with Crippen LogP contribution in [0.1, 0.15) is 36.8 Å². The second-order valence-corrected chi connectivity index (χ2v) is 6.66. The van der Waals surface area contributed by atoms with E-state index in [4.69, 9.17) is 10.7 Å². The van der Waals surface area contributed by atoms with Gasteiger partial charge in [-0.3, -0.25) is 4.90 Å². The molecule has 1 unspecified atom stereocenters. The third kappa shape index (κ3) is 2.64. The Kier molecular flexibility index (Phi) is 4.05. The molecule has 4 nitrogen and oxygen atoms in total. The fraction of sp³-hybridized carbons (Fsp3) is 0.786. The average Bonchev–Trinajstić information content (AvgIpc) is 3.04. The normalized spacial score (nSPS) is 23.9. The monoisotopic (exact) mass is 280 g/mol. The lowest BCUT2D eigenvalue weighted by molar-refractivity contribution is 0.231. The van der Waals surface area contributed by atoms with Gasteiger partial charge >= 0.3 is 0 Å². The summed E-state index contributed by atoms with van der Waals surface area (Å²) in [5.74, 6) is 0. The fourth-order valence-electron chi connectivity index (χ4n) is 3.26. The number of aromatic nitrogens is 1. The van der Waals surface area contributed by atoms with Gasteiger partial charge in [0.15, 0.2) is 5.13 Å². The SMILES string of the molecule is CCCc1nc(N2CCN3CCCC3C2)sc1CN. The Morgan fingerprint density at radius 1 is 1.37 bits per heavy atom. The summed E-state index contributed by atoms with van der Waals surface area (Å²) in [6, 6.07) is 0.758. The summed E-state index contributed by atoms with van der Waals surface area (Å²) in [4.78, 5) is 11.3. The van der Waals surface area contributed by atoms with E-state index >= 15 is 0 Å². The fourth-order valence-corrected chi connectivity index (χ4v) is 4.28. The largest absolute Gasteiger partial charge is 0.345 e. The maximum Gasteiger partial charge on any atom is 0.185 e. The topological polar surface area (TPSA) is 45.4 Å². The number of hydrogen-bond acceptors (Lipinski definition) is 5. The summed E-state index contributed by atoms with van der Waals surface area (Å²) in [5, 5.41) is 1.20. The van der Waals surface area contributed by atoms with Crippen molar-refractivity contribution < 1.29 is 0 Å². The summed E-state index contributed by atoms with van der Waals surface area (Å²) in [6.07, 6.45) is 4.93. The lowest BCUT2D eigenvalue weighted by Gasteiger charge is -2.37. The highest BCUT2D eigenvalue weighted by atomic mass is 32.1. The molecule has 2 aliphatic heterocycles. The predicted octanol–water partition coefficient (Wildman–Crippen LogP) is 1.84. The smallest absolute Gasteiger partial charge is 0.185 e. The Hall–Kier alpha value is -0.650. The molecule has 19 heavy (non-hydrogen) atoms. The lowest BCUT2D eigenvalue weighted by atomic mass is 10.2. The van der Waals surface area contributed by atoms with Crippen molar-refractivity contribution in [2.45, 2.75) is 45.2 Å². The van der Waals surface area contributed by atoms with E-state index in [1.165, 1.54) is 41.6 Å². The second kappa shape index (κ2) is 5.77.